The van der Waals surface area contributed by atoms with Crippen LogP contribution >= 0.6 is 0 Å². The van der Waals surface area contributed by atoms with E-state index in [-0.39, 0.29) is 25.7 Å². The van der Waals surface area contributed by atoms with Gasteiger partial charge >= 0.3 is 0 Å². The number of aryl methyl sites for hydroxylation is 1. The molecule has 1 fully saturated rings. The molecule has 3 heterocycles. The van der Waals surface area contributed by atoms with Gasteiger partial charge in [-0.25, -0.2) is 0 Å². The van der Waals surface area contributed by atoms with Crippen LogP contribution in [0.5, 0.6) is 0 Å². The minimum absolute atomic E-state index is 0. The zero-order chi connectivity index (χ0) is 39.9. The van der Waals surface area contributed by atoms with Crippen molar-refractivity contribution in [1.82, 2.24) is 9.97 Å². The third-order valence-electron chi connectivity index (χ3n) is 9.80. The molecule has 5 heteroatoms. The molecule has 1 aliphatic carbocycles. The molecule has 4 aromatic carbocycles. The van der Waals surface area contributed by atoms with Crippen LogP contribution < -0.4 is 5.19 Å². The average molecular weight is 882 g/mol. The summed E-state index contributed by atoms with van der Waals surface area (Å²) in [5.74, 6) is -1.50. The third-order valence-corrected chi connectivity index (χ3v) is 11.8. The van der Waals surface area contributed by atoms with Crippen molar-refractivity contribution in [2.75, 3.05) is 0 Å². The fraction of sp³-hybridized carbons (Fsp3) is 0.277. The van der Waals surface area contributed by atoms with Crippen LogP contribution in [0.1, 0.15) is 81.3 Å². The van der Waals surface area contributed by atoms with Crippen molar-refractivity contribution in [1.29, 1.82) is 0 Å². The smallest absolute Gasteiger partial charge is 0.121 e. The van der Waals surface area contributed by atoms with Gasteiger partial charge in [-0.2, -0.15) is 0 Å². The molecule has 0 N–H and O–H groups in total. The number of nitrogens with zero attached hydrogens (tertiary/aromatic N) is 2. The van der Waals surface area contributed by atoms with Gasteiger partial charge in [0.25, 0.3) is 0 Å². The molecule has 1 saturated carbocycles. The maximum absolute atomic E-state index is 8.81. The summed E-state index contributed by atoms with van der Waals surface area (Å²) >= 11 is 0. The minimum atomic E-state index is -2.33. The number of rotatable bonds is 6. The van der Waals surface area contributed by atoms with Crippen molar-refractivity contribution in [3.8, 4) is 33.6 Å². The molecule has 8 rings (SSSR count). The summed E-state index contributed by atoms with van der Waals surface area (Å²) in [5.41, 5.74) is 8.66. The summed E-state index contributed by atoms with van der Waals surface area (Å²) in [4.78, 5) is 9.08. The van der Waals surface area contributed by atoms with Crippen molar-refractivity contribution < 1.29 is 31.4 Å². The number of hydrogen-bond acceptors (Lipinski definition) is 3. The second-order valence-electron chi connectivity index (χ2n) is 14.8. The number of aromatic nitrogens is 2. The number of pyridine rings is 2. The molecule has 0 atom stereocenters. The Labute approximate surface area is 331 Å². The van der Waals surface area contributed by atoms with Gasteiger partial charge in [0.2, 0.25) is 0 Å². The van der Waals surface area contributed by atoms with Gasteiger partial charge in [-0.15, -0.1) is 59.2 Å². The van der Waals surface area contributed by atoms with Crippen molar-refractivity contribution in [3.63, 3.8) is 0 Å². The first-order chi connectivity index (χ1) is 26.5. The van der Waals surface area contributed by atoms with Crippen molar-refractivity contribution in [3.05, 3.63) is 138 Å². The Hall–Kier alpha value is -4.15. The molecule has 7 aromatic rings. The van der Waals surface area contributed by atoms with Gasteiger partial charge in [0, 0.05) is 44.7 Å². The summed E-state index contributed by atoms with van der Waals surface area (Å²) in [6.45, 7) is 8.05. The zero-order valence-corrected chi connectivity index (χ0v) is 34.0. The topological polar surface area (TPSA) is 38.9 Å². The normalized spacial score (nSPS) is 16.0. The summed E-state index contributed by atoms with van der Waals surface area (Å²) in [6.07, 6.45) is 8.94. The Morgan fingerprint density at radius 2 is 1.56 bits per heavy atom. The van der Waals surface area contributed by atoms with Crippen LogP contribution in [-0.2, 0) is 20.1 Å². The maximum atomic E-state index is 8.81. The van der Waals surface area contributed by atoms with Gasteiger partial charge in [-0.05, 0) is 76.4 Å². The number of benzene rings is 4. The molecule has 52 heavy (non-hydrogen) atoms. The van der Waals surface area contributed by atoms with Crippen LogP contribution in [0, 0.1) is 19.0 Å². The van der Waals surface area contributed by atoms with Crippen LogP contribution in [0.3, 0.4) is 0 Å². The summed E-state index contributed by atoms with van der Waals surface area (Å²) < 4.78 is 46.8. The molecule has 0 aliphatic heterocycles. The third kappa shape index (κ3) is 8.39. The van der Waals surface area contributed by atoms with Crippen LogP contribution in [0.15, 0.2) is 114 Å². The maximum Gasteiger partial charge on any atom is 0.121 e. The number of furan rings is 1. The first-order valence-corrected chi connectivity index (χ1v) is 21.4. The minimum Gasteiger partial charge on any atom is -0.500 e. The van der Waals surface area contributed by atoms with E-state index in [0.717, 1.165) is 68.3 Å². The summed E-state index contributed by atoms with van der Waals surface area (Å²) in [7, 11) is -1.31. The van der Waals surface area contributed by atoms with E-state index in [2.05, 4.69) is 90.3 Å². The molecule has 0 unspecified atom stereocenters. The van der Waals surface area contributed by atoms with E-state index < -0.39 is 26.7 Å². The Bertz CT molecular complexity index is 2480. The van der Waals surface area contributed by atoms with Gasteiger partial charge < -0.3 is 14.4 Å². The van der Waals surface area contributed by atoms with Gasteiger partial charge in [-0.1, -0.05) is 119 Å². The van der Waals surface area contributed by atoms with Crippen LogP contribution in [-0.4, -0.2) is 18.0 Å². The monoisotopic (exact) mass is 882 g/mol. The van der Waals surface area contributed by atoms with Crippen molar-refractivity contribution in [2.45, 2.75) is 84.2 Å². The predicted octanol–water partition coefficient (Wildman–Crippen LogP) is 12.7. The fourth-order valence-corrected chi connectivity index (χ4v) is 7.83. The Kier molecular flexibility index (Phi) is 9.81. The molecule has 267 valence electrons. The standard InChI is InChI=1S/C27H22NO.C20H26NSi.Ir/c1-17(2)23-15-25(28-16-18(23)3)21-10-12-26-24(13-21)22-11-9-20(14-27(22)29-26)19-7-5-4-6-8-19;1-22(2,3)19-12-13-20(21-15-19)18-11-7-10-17(14-18)16-8-5-4-6-9-16;/h4-9,11-17H,1-3H3;7,10,12-16H,4-6,8-9H2,1-3H3;/q2*-1;/i3D3,17D;16D;. The van der Waals surface area contributed by atoms with Gasteiger partial charge in [0.15, 0.2) is 0 Å². The molecule has 3 nitrogen and oxygen atoms in total. The molecule has 0 spiro atoms. The molecular weight excluding hydrogens is 829 g/mol. The van der Waals surface area contributed by atoms with E-state index in [1.165, 1.54) is 30.6 Å². The molecule has 1 aliphatic rings. The van der Waals surface area contributed by atoms with Crippen molar-refractivity contribution in [2.24, 2.45) is 0 Å². The van der Waals surface area contributed by atoms with Gasteiger partial charge in [0.05, 0.1) is 13.7 Å². The van der Waals surface area contributed by atoms with Gasteiger partial charge in [-0.3, -0.25) is 0 Å². The number of fused-ring (bicyclic) bond motifs is 3. The Balaban J connectivity index is 0.000000202. The molecule has 1 radical (unpaired) electrons. The average Bonchev–Trinajstić information content (AvgIpc) is 3.55. The van der Waals surface area contributed by atoms with Crippen molar-refractivity contribution >= 4 is 35.2 Å². The van der Waals surface area contributed by atoms with E-state index in [0.29, 0.717) is 11.3 Å². The zero-order valence-electron chi connectivity index (χ0n) is 35.6. The second-order valence-corrected chi connectivity index (χ2v) is 19.8. The molecule has 0 amide bonds. The van der Waals surface area contributed by atoms with Gasteiger partial charge in [0.1, 0.15) is 5.58 Å². The molecule has 0 bridgehead atoms. The van der Waals surface area contributed by atoms with E-state index in [1.54, 1.807) is 26.0 Å². The van der Waals surface area contributed by atoms with Crippen LogP contribution in [0.2, 0.25) is 19.6 Å². The second kappa shape index (κ2) is 16.2. The molecule has 3 aromatic heterocycles. The SMILES string of the molecule is [2H]C([2H])([2H])c1cnc(-c2[c-]cc3oc4cc(-c5ccccc5)ccc4c3c2)cc1C([2H])(C)C.[2H]C1(c2cc[c-]c(-c3ccc([Si](C)(C)C)cn3)c2)CCCCC1.[Ir]. The molecule has 0 saturated heterocycles. The Morgan fingerprint density at radius 3 is 2.27 bits per heavy atom. The van der Waals surface area contributed by atoms with E-state index >= 15 is 0 Å². The summed E-state index contributed by atoms with van der Waals surface area (Å²) in [5, 5.41) is 3.30. The first-order valence-electron chi connectivity index (χ1n) is 20.4. The largest absolute Gasteiger partial charge is 0.500 e. The van der Waals surface area contributed by atoms with Crippen LogP contribution in [0.4, 0.5) is 0 Å². The van der Waals surface area contributed by atoms with Crippen LogP contribution in [0.25, 0.3) is 55.6 Å². The predicted molar refractivity (Wildman–Crippen MR) is 217 cm³/mol. The van der Waals surface area contributed by atoms with E-state index in [4.69, 9.17) is 11.3 Å². The fourth-order valence-electron chi connectivity index (χ4n) is 6.79. The first kappa shape index (κ1) is 31.4. The quantitative estimate of drug-likeness (QED) is 0.123. The van der Waals surface area contributed by atoms with E-state index in [1.807, 2.05) is 42.6 Å². The summed E-state index contributed by atoms with van der Waals surface area (Å²) in [6, 6.07) is 38.8. The Morgan fingerprint density at radius 1 is 0.788 bits per heavy atom. The number of hydrogen-bond donors (Lipinski definition) is 0. The van der Waals surface area contributed by atoms with E-state index in [9.17, 15) is 0 Å². The molecular formula is C47H48IrN2OSi-2.